The lowest BCUT2D eigenvalue weighted by atomic mass is 10.1. The van der Waals surface area contributed by atoms with Crippen molar-refractivity contribution in [3.8, 4) is 0 Å². The van der Waals surface area contributed by atoms with E-state index < -0.39 is 0 Å². The minimum atomic E-state index is -0.0628. The quantitative estimate of drug-likeness (QED) is 0.705. The van der Waals surface area contributed by atoms with Crippen LogP contribution in [0.4, 0.5) is 5.69 Å². The summed E-state index contributed by atoms with van der Waals surface area (Å²) in [6.07, 6.45) is 0.928. The number of hydrogen-bond donors (Lipinski definition) is 2. The standard InChI is InChI=1S/C24H32N4O2/c1-19(26-24(30)22-10-8-21(9-11-22)18-25-20(2)29)12-13-27-14-16-28(17-15-27)23-6-4-3-5-7-23/h3-11,19H,12-18H2,1-2H3,(H,25,29)(H,26,30). The number of amides is 2. The Kier molecular flexibility index (Phi) is 7.85. The molecule has 1 saturated heterocycles. The van der Waals surface area contributed by atoms with Crippen molar-refractivity contribution in [2.24, 2.45) is 0 Å². The second-order valence-electron chi connectivity index (χ2n) is 7.93. The zero-order valence-corrected chi connectivity index (χ0v) is 17.9. The first-order valence-electron chi connectivity index (χ1n) is 10.7. The van der Waals surface area contributed by atoms with Gasteiger partial charge in [-0.25, -0.2) is 0 Å². The van der Waals surface area contributed by atoms with Crippen molar-refractivity contribution in [1.82, 2.24) is 15.5 Å². The fourth-order valence-electron chi connectivity index (χ4n) is 3.62. The van der Waals surface area contributed by atoms with E-state index in [9.17, 15) is 9.59 Å². The van der Waals surface area contributed by atoms with E-state index in [4.69, 9.17) is 0 Å². The van der Waals surface area contributed by atoms with Crippen LogP contribution in [0.5, 0.6) is 0 Å². The summed E-state index contributed by atoms with van der Waals surface area (Å²) in [7, 11) is 0. The summed E-state index contributed by atoms with van der Waals surface area (Å²) in [6, 6.07) is 18.0. The second-order valence-corrected chi connectivity index (χ2v) is 7.93. The smallest absolute Gasteiger partial charge is 0.251 e. The Morgan fingerprint density at radius 3 is 2.27 bits per heavy atom. The normalized spacial score (nSPS) is 15.5. The van der Waals surface area contributed by atoms with Gasteiger partial charge in [0.1, 0.15) is 0 Å². The Hall–Kier alpha value is -2.86. The minimum absolute atomic E-state index is 0.0533. The van der Waals surface area contributed by atoms with Crippen LogP contribution in [0, 0.1) is 0 Å². The van der Waals surface area contributed by atoms with Crippen molar-refractivity contribution in [2.75, 3.05) is 37.6 Å². The van der Waals surface area contributed by atoms with E-state index in [1.807, 2.05) is 24.3 Å². The van der Waals surface area contributed by atoms with Gasteiger partial charge < -0.3 is 15.5 Å². The van der Waals surface area contributed by atoms with E-state index in [0.717, 1.165) is 44.7 Å². The largest absolute Gasteiger partial charge is 0.369 e. The molecular weight excluding hydrogens is 376 g/mol. The molecule has 3 rings (SSSR count). The Morgan fingerprint density at radius 2 is 1.63 bits per heavy atom. The summed E-state index contributed by atoms with van der Waals surface area (Å²) >= 11 is 0. The van der Waals surface area contributed by atoms with E-state index in [1.54, 1.807) is 0 Å². The maximum absolute atomic E-state index is 12.5. The van der Waals surface area contributed by atoms with Gasteiger partial charge in [-0.15, -0.1) is 0 Å². The number of carbonyl (C=O) groups excluding carboxylic acids is 2. The predicted molar refractivity (Wildman–Crippen MR) is 121 cm³/mol. The molecule has 2 N–H and O–H groups in total. The molecule has 0 aliphatic carbocycles. The van der Waals surface area contributed by atoms with E-state index >= 15 is 0 Å². The molecule has 1 heterocycles. The van der Waals surface area contributed by atoms with Gasteiger partial charge in [0.05, 0.1) is 0 Å². The van der Waals surface area contributed by atoms with Crippen molar-refractivity contribution in [1.29, 1.82) is 0 Å². The van der Waals surface area contributed by atoms with Crippen LogP contribution in [0.2, 0.25) is 0 Å². The monoisotopic (exact) mass is 408 g/mol. The van der Waals surface area contributed by atoms with E-state index in [2.05, 4.69) is 57.7 Å². The average Bonchev–Trinajstić information content (AvgIpc) is 2.77. The van der Waals surface area contributed by atoms with Crippen LogP contribution in [-0.4, -0.2) is 55.5 Å². The van der Waals surface area contributed by atoms with E-state index in [0.29, 0.717) is 12.1 Å². The molecule has 6 nitrogen and oxygen atoms in total. The highest BCUT2D eigenvalue weighted by atomic mass is 16.2. The van der Waals surface area contributed by atoms with Gasteiger partial charge in [0.15, 0.2) is 0 Å². The van der Waals surface area contributed by atoms with E-state index in [-0.39, 0.29) is 17.9 Å². The molecule has 1 aliphatic heterocycles. The first kappa shape index (κ1) is 21.8. The number of para-hydroxylation sites is 1. The van der Waals surface area contributed by atoms with Crippen molar-refractivity contribution in [3.63, 3.8) is 0 Å². The minimum Gasteiger partial charge on any atom is -0.369 e. The van der Waals surface area contributed by atoms with Crippen LogP contribution >= 0.6 is 0 Å². The molecule has 1 unspecified atom stereocenters. The number of benzene rings is 2. The molecule has 0 aromatic heterocycles. The number of piperazine rings is 1. The first-order valence-corrected chi connectivity index (χ1v) is 10.7. The summed E-state index contributed by atoms with van der Waals surface area (Å²) in [5.41, 5.74) is 2.91. The lowest BCUT2D eigenvalue weighted by molar-refractivity contribution is -0.119. The average molecular weight is 409 g/mol. The zero-order chi connectivity index (χ0) is 21.3. The van der Waals surface area contributed by atoms with Crippen molar-refractivity contribution in [2.45, 2.75) is 32.9 Å². The lowest BCUT2D eigenvalue weighted by Crippen LogP contribution is -2.47. The van der Waals surface area contributed by atoms with Crippen LogP contribution in [0.25, 0.3) is 0 Å². The van der Waals surface area contributed by atoms with Gasteiger partial charge in [0, 0.05) is 63.5 Å². The zero-order valence-electron chi connectivity index (χ0n) is 17.9. The molecule has 2 aromatic carbocycles. The van der Waals surface area contributed by atoms with Crippen molar-refractivity contribution in [3.05, 3.63) is 65.7 Å². The molecule has 1 atom stereocenters. The highest BCUT2D eigenvalue weighted by Crippen LogP contribution is 2.15. The van der Waals surface area contributed by atoms with Gasteiger partial charge >= 0.3 is 0 Å². The van der Waals surface area contributed by atoms with Gasteiger partial charge in [0.25, 0.3) is 5.91 Å². The second kappa shape index (κ2) is 10.8. The van der Waals surface area contributed by atoms with Gasteiger partial charge in [-0.2, -0.15) is 0 Å². The maximum Gasteiger partial charge on any atom is 0.251 e. The highest BCUT2D eigenvalue weighted by molar-refractivity contribution is 5.94. The van der Waals surface area contributed by atoms with Gasteiger partial charge in [0.2, 0.25) is 5.91 Å². The topological polar surface area (TPSA) is 64.7 Å². The SMILES string of the molecule is CC(=O)NCc1ccc(C(=O)NC(C)CCN2CCN(c3ccccc3)CC2)cc1. The van der Waals surface area contributed by atoms with Gasteiger partial charge in [-0.1, -0.05) is 30.3 Å². The maximum atomic E-state index is 12.5. The van der Waals surface area contributed by atoms with Crippen LogP contribution in [0.3, 0.4) is 0 Å². The third-order valence-corrected chi connectivity index (χ3v) is 5.51. The van der Waals surface area contributed by atoms with Crippen molar-refractivity contribution >= 4 is 17.5 Å². The van der Waals surface area contributed by atoms with Crippen LogP contribution in [0.15, 0.2) is 54.6 Å². The molecule has 6 heteroatoms. The van der Waals surface area contributed by atoms with Crippen LogP contribution < -0.4 is 15.5 Å². The number of hydrogen-bond acceptors (Lipinski definition) is 4. The molecule has 160 valence electrons. The summed E-state index contributed by atoms with van der Waals surface area (Å²) < 4.78 is 0. The molecular formula is C24H32N4O2. The number of nitrogens with zero attached hydrogens (tertiary/aromatic N) is 2. The third-order valence-electron chi connectivity index (χ3n) is 5.51. The Morgan fingerprint density at radius 1 is 0.967 bits per heavy atom. The summed E-state index contributed by atoms with van der Waals surface area (Å²) in [5.74, 6) is -0.116. The summed E-state index contributed by atoms with van der Waals surface area (Å²) in [4.78, 5) is 28.4. The summed E-state index contributed by atoms with van der Waals surface area (Å²) in [5, 5.41) is 5.85. The number of carbonyl (C=O) groups is 2. The molecule has 0 spiro atoms. The molecule has 0 radical (unpaired) electrons. The molecule has 0 saturated carbocycles. The lowest BCUT2D eigenvalue weighted by Gasteiger charge is -2.36. The molecule has 0 bridgehead atoms. The number of anilines is 1. The Balaban J connectivity index is 1.38. The molecule has 2 amide bonds. The Bertz CT molecular complexity index is 815. The molecule has 1 aliphatic rings. The van der Waals surface area contributed by atoms with Crippen LogP contribution in [0.1, 0.15) is 36.2 Å². The first-order chi connectivity index (χ1) is 14.5. The number of rotatable bonds is 8. The molecule has 1 fully saturated rings. The Labute approximate surface area is 179 Å². The van der Waals surface area contributed by atoms with Crippen molar-refractivity contribution < 1.29 is 9.59 Å². The van der Waals surface area contributed by atoms with Crippen LogP contribution in [-0.2, 0) is 11.3 Å². The fraction of sp³-hybridized carbons (Fsp3) is 0.417. The molecule has 30 heavy (non-hydrogen) atoms. The van der Waals surface area contributed by atoms with Gasteiger partial charge in [-0.05, 0) is 43.2 Å². The third kappa shape index (κ3) is 6.59. The predicted octanol–water partition coefficient (Wildman–Crippen LogP) is 2.65. The summed E-state index contributed by atoms with van der Waals surface area (Å²) in [6.45, 7) is 9.18. The highest BCUT2D eigenvalue weighted by Gasteiger charge is 2.18. The van der Waals surface area contributed by atoms with Gasteiger partial charge in [-0.3, -0.25) is 14.5 Å². The molecule has 2 aromatic rings. The van der Waals surface area contributed by atoms with E-state index in [1.165, 1.54) is 12.6 Å². The fourth-order valence-corrected chi connectivity index (χ4v) is 3.62. The number of nitrogens with one attached hydrogen (secondary N) is 2.